The van der Waals surface area contributed by atoms with Crippen molar-refractivity contribution >= 4 is 11.6 Å². The molecule has 17 atom stereocenters. The minimum absolute atomic E-state index is 0.0255. The standard InChI is InChI=1S/C24H30O2.C22H28O2/c1-3-14-11-15-12-16(25)5-6-17(15)18-7-9-23(2)22(21(14)18)19-13-20(19)24(23)8-4-10-26-24;1-21-9-7-16-15-6-4-14(23)11-13(15)3-5-17(16)20(21)18-12-19(18)22(21)8-2-10-24-22/h3-4,8,12,14,17-22H,1,5-7,9-11,13H2,2H3;2,8,11,15-20H,3-7,9-10,12H2,1H3/t14?,17?,18?,19?,20?,21?,22?,23-,24-;15?,16?,17?,18?,19?,20?,21-,22-/m00/s1. The Balaban J connectivity index is 0.000000120. The minimum atomic E-state index is 0.0255. The van der Waals surface area contributed by atoms with E-state index in [-0.39, 0.29) is 11.2 Å². The molecule has 0 amide bonds. The number of ether oxygens (including phenoxy) is 2. The van der Waals surface area contributed by atoms with E-state index in [2.05, 4.69) is 50.8 Å². The Morgan fingerprint density at radius 2 is 1.26 bits per heavy atom. The fourth-order valence-corrected chi connectivity index (χ4v) is 16.8. The van der Waals surface area contributed by atoms with Crippen molar-refractivity contribution in [2.75, 3.05) is 13.2 Å². The summed E-state index contributed by atoms with van der Waals surface area (Å²) in [4.78, 5) is 23.8. The molecule has 8 saturated carbocycles. The molecule has 8 fully saturated rings. The summed E-state index contributed by atoms with van der Waals surface area (Å²) in [5.41, 5.74) is 3.72. The molecule has 4 nitrogen and oxygen atoms in total. The van der Waals surface area contributed by atoms with Crippen LogP contribution in [0.4, 0.5) is 0 Å². The molecule has 2 spiro atoms. The highest BCUT2D eigenvalue weighted by atomic mass is 16.5. The van der Waals surface area contributed by atoms with Crippen molar-refractivity contribution < 1.29 is 19.1 Å². The van der Waals surface area contributed by atoms with E-state index in [9.17, 15) is 9.59 Å². The van der Waals surface area contributed by atoms with Crippen LogP contribution in [-0.2, 0) is 19.1 Å². The Bertz CT molecular complexity index is 1660. The Labute approximate surface area is 299 Å². The molecular formula is C46H58O4. The summed E-state index contributed by atoms with van der Waals surface area (Å²) in [6, 6.07) is 0. The largest absolute Gasteiger partial charge is 0.366 e. The van der Waals surface area contributed by atoms with Crippen LogP contribution in [0.1, 0.15) is 97.3 Å². The van der Waals surface area contributed by atoms with E-state index in [4.69, 9.17) is 9.47 Å². The predicted molar refractivity (Wildman–Crippen MR) is 194 cm³/mol. The fourth-order valence-electron chi connectivity index (χ4n) is 16.8. The average Bonchev–Trinajstić information content (AvgIpc) is 3.90. The fraction of sp³-hybridized carbons (Fsp3) is 0.739. The first-order chi connectivity index (χ1) is 24.2. The maximum atomic E-state index is 12.0. The van der Waals surface area contributed by atoms with Gasteiger partial charge in [-0.05, 0) is 160 Å². The summed E-state index contributed by atoms with van der Waals surface area (Å²) in [5, 5.41) is 0. The molecule has 0 bridgehead atoms. The quantitative estimate of drug-likeness (QED) is 0.261. The van der Waals surface area contributed by atoms with Crippen LogP contribution in [0.2, 0.25) is 0 Å². The van der Waals surface area contributed by atoms with Crippen molar-refractivity contribution in [2.45, 2.75) is 109 Å². The van der Waals surface area contributed by atoms with Gasteiger partial charge in [-0.1, -0.05) is 55.4 Å². The van der Waals surface area contributed by atoms with Crippen LogP contribution < -0.4 is 0 Å². The zero-order chi connectivity index (χ0) is 33.8. The van der Waals surface area contributed by atoms with E-state index in [1.165, 1.54) is 62.5 Å². The smallest absolute Gasteiger partial charge is 0.155 e. The van der Waals surface area contributed by atoms with Gasteiger partial charge in [-0.2, -0.15) is 0 Å². The van der Waals surface area contributed by atoms with Crippen molar-refractivity contribution in [1.29, 1.82) is 0 Å². The zero-order valence-corrected chi connectivity index (χ0v) is 30.5. The molecular weight excluding hydrogens is 617 g/mol. The van der Waals surface area contributed by atoms with Gasteiger partial charge in [0.2, 0.25) is 0 Å². The lowest BCUT2D eigenvalue weighted by molar-refractivity contribution is -0.137. The number of fused-ring (bicyclic) bond motifs is 18. The predicted octanol–water partition coefficient (Wildman–Crippen LogP) is 9.03. The van der Waals surface area contributed by atoms with Gasteiger partial charge in [-0.25, -0.2) is 0 Å². The lowest BCUT2D eigenvalue weighted by Gasteiger charge is -2.59. The van der Waals surface area contributed by atoms with Crippen LogP contribution in [0.5, 0.6) is 0 Å². The molecule has 10 aliphatic carbocycles. The third kappa shape index (κ3) is 3.87. The number of carbonyl (C=O) groups excluding carboxylic acids is 2. The molecule has 50 heavy (non-hydrogen) atoms. The number of rotatable bonds is 1. The maximum Gasteiger partial charge on any atom is 0.155 e. The van der Waals surface area contributed by atoms with E-state index in [0.29, 0.717) is 34.2 Å². The molecule has 0 radical (unpaired) electrons. The normalized spacial score (nSPS) is 56.8. The van der Waals surface area contributed by atoms with Crippen molar-refractivity contribution in [3.8, 4) is 0 Å². The van der Waals surface area contributed by atoms with Gasteiger partial charge in [-0.15, -0.1) is 6.58 Å². The minimum Gasteiger partial charge on any atom is -0.366 e. The number of hydrogen-bond donors (Lipinski definition) is 0. The number of ketones is 2. The van der Waals surface area contributed by atoms with Gasteiger partial charge in [0.25, 0.3) is 0 Å². The summed E-state index contributed by atoms with van der Waals surface area (Å²) in [5.74, 6) is 10.8. The Kier molecular flexibility index (Phi) is 6.64. The third-order valence-electron chi connectivity index (χ3n) is 18.6. The lowest BCUT2D eigenvalue weighted by atomic mass is 9.47. The van der Waals surface area contributed by atoms with E-state index in [0.717, 1.165) is 110 Å². The molecule has 0 N–H and O–H groups in total. The first kappa shape index (κ1) is 31.5. The van der Waals surface area contributed by atoms with Crippen LogP contribution in [-0.4, -0.2) is 36.0 Å². The van der Waals surface area contributed by atoms with Gasteiger partial charge in [0, 0.05) is 23.7 Å². The monoisotopic (exact) mass is 674 g/mol. The van der Waals surface area contributed by atoms with Crippen LogP contribution in [0, 0.1) is 87.8 Å². The second kappa shape index (κ2) is 10.6. The van der Waals surface area contributed by atoms with E-state index in [1.807, 2.05) is 12.2 Å². The average molecular weight is 675 g/mol. The van der Waals surface area contributed by atoms with Gasteiger partial charge < -0.3 is 9.47 Å². The first-order valence-electron chi connectivity index (χ1n) is 21.0. The highest BCUT2D eigenvalue weighted by Crippen LogP contribution is 2.79. The Hall–Kier alpha value is -2.04. The molecule has 4 heteroatoms. The maximum absolute atomic E-state index is 12.0. The highest BCUT2D eigenvalue weighted by Gasteiger charge is 2.78. The molecule has 2 heterocycles. The molecule has 13 unspecified atom stereocenters. The Morgan fingerprint density at radius 1 is 0.680 bits per heavy atom. The number of hydrogen-bond acceptors (Lipinski definition) is 4. The van der Waals surface area contributed by atoms with E-state index in [1.54, 1.807) is 0 Å². The van der Waals surface area contributed by atoms with Crippen molar-refractivity contribution in [3.05, 3.63) is 60.3 Å². The number of allylic oxidation sites excluding steroid dienone is 3. The first-order valence-corrected chi connectivity index (χ1v) is 21.0. The van der Waals surface area contributed by atoms with Crippen LogP contribution in [0.15, 0.2) is 60.3 Å². The SMILES string of the molecule is C=CC1CC2=CC(=O)CCC2C2CC[C@@]3(C)C(C4CC4[C@@]34C=CCO4)C12.C[C@]12CCC3C4CCC(=O)C=C4CCC3C1C1CC1[C@@]21C=CCO1. The molecule has 0 saturated heterocycles. The lowest BCUT2D eigenvalue weighted by Crippen LogP contribution is -2.56. The molecule has 0 aromatic rings. The van der Waals surface area contributed by atoms with Crippen molar-refractivity contribution in [1.82, 2.24) is 0 Å². The van der Waals surface area contributed by atoms with Gasteiger partial charge in [0.15, 0.2) is 11.6 Å². The molecule has 12 rings (SSSR count). The summed E-state index contributed by atoms with van der Waals surface area (Å²) in [6.07, 6.45) is 31.1. The zero-order valence-electron chi connectivity index (χ0n) is 30.5. The second-order valence-corrected chi connectivity index (χ2v) is 19.9. The third-order valence-corrected chi connectivity index (χ3v) is 18.6. The second-order valence-electron chi connectivity index (χ2n) is 19.9. The van der Waals surface area contributed by atoms with Crippen LogP contribution in [0.25, 0.3) is 0 Å². The van der Waals surface area contributed by atoms with E-state index >= 15 is 0 Å². The van der Waals surface area contributed by atoms with Crippen LogP contribution in [0.3, 0.4) is 0 Å². The summed E-state index contributed by atoms with van der Waals surface area (Å²) in [6.45, 7) is 11.0. The highest BCUT2D eigenvalue weighted by molar-refractivity contribution is 5.91. The van der Waals surface area contributed by atoms with Crippen molar-refractivity contribution in [2.24, 2.45) is 87.8 Å². The number of carbonyl (C=O) groups is 2. The molecule has 12 aliphatic rings. The Morgan fingerprint density at radius 3 is 1.88 bits per heavy atom. The van der Waals surface area contributed by atoms with Crippen molar-refractivity contribution in [3.63, 3.8) is 0 Å². The van der Waals surface area contributed by atoms with Crippen LogP contribution >= 0.6 is 0 Å². The summed E-state index contributed by atoms with van der Waals surface area (Å²) in [7, 11) is 0. The van der Waals surface area contributed by atoms with E-state index < -0.39 is 0 Å². The molecule has 0 aromatic heterocycles. The van der Waals surface area contributed by atoms with Gasteiger partial charge in [0.05, 0.1) is 24.4 Å². The summed E-state index contributed by atoms with van der Waals surface area (Å²) >= 11 is 0. The van der Waals surface area contributed by atoms with Gasteiger partial charge in [0.1, 0.15) is 0 Å². The molecule has 0 aromatic carbocycles. The molecule has 2 aliphatic heterocycles. The summed E-state index contributed by atoms with van der Waals surface area (Å²) < 4.78 is 13.0. The van der Waals surface area contributed by atoms with Gasteiger partial charge in [-0.3, -0.25) is 9.59 Å². The molecule has 266 valence electrons. The topological polar surface area (TPSA) is 52.6 Å². The van der Waals surface area contributed by atoms with Gasteiger partial charge >= 0.3 is 0 Å².